The van der Waals surface area contributed by atoms with E-state index in [0.29, 0.717) is 12.0 Å². The first-order chi connectivity index (χ1) is 9.17. The third-order valence-corrected chi connectivity index (χ3v) is 3.61. The Morgan fingerprint density at radius 3 is 2.37 bits per heavy atom. The summed E-state index contributed by atoms with van der Waals surface area (Å²) in [5, 5.41) is 18.4. The highest BCUT2D eigenvalue weighted by molar-refractivity contribution is 5.91. The van der Waals surface area contributed by atoms with Gasteiger partial charge in [0.2, 0.25) is 0 Å². The summed E-state index contributed by atoms with van der Waals surface area (Å²) >= 11 is 0. The van der Waals surface area contributed by atoms with Gasteiger partial charge in [0.25, 0.3) is 0 Å². The molecular weight excluding hydrogens is 244 g/mol. The molecule has 0 aromatic heterocycles. The van der Waals surface area contributed by atoms with Crippen LogP contribution < -0.4 is 0 Å². The maximum atomic E-state index is 11.6. The summed E-state index contributed by atoms with van der Waals surface area (Å²) in [6.45, 7) is 1.54. The molecule has 19 heavy (non-hydrogen) atoms. The van der Waals surface area contributed by atoms with Gasteiger partial charge in [-0.1, -0.05) is 45.1 Å². The molecule has 1 aliphatic heterocycles. The molecule has 1 heterocycles. The summed E-state index contributed by atoms with van der Waals surface area (Å²) in [6.07, 6.45) is 10.4. The Balaban J connectivity index is 2.28. The van der Waals surface area contributed by atoms with E-state index in [2.05, 4.69) is 6.92 Å². The highest BCUT2D eigenvalue weighted by Crippen LogP contribution is 2.30. The third-order valence-electron chi connectivity index (χ3n) is 3.61. The minimum atomic E-state index is -1.09. The normalized spacial score (nSPS) is 19.9. The maximum absolute atomic E-state index is 11.6. The zero-order chi connectivity index (χ0) is 14.1. The molecule has 4 heteroatoms. The fourth-order valence-electron chi connectivity index (χ4n) is 2.30. The first-order valence-corrected chi connectivity index (χ1v) is 7.31. The maximum Gasteiger partial charge on any atom is 0.334 e. The number of carbonyl (C=O) groups is 1. The van der Waals surface area contributed by atoms with E-state index in [1.54, 1.807) is 0 Å². The molecule has 1 rings (SSSR count). The molecule has 0 radical (unpaired) electrons. The molecule has 4 nitrogen and oxygen atoms in total. The number of aliphatic hydroxyl groups is 2. The molecule has 1 fully saturated rings. The first-order valence-electron chi connectivity index (χ1n) is 7.31. The van der Waals surface area contributed by atoms with Crippen LogP contribution in [-0.2, 0) is 9.53 Å². The van der Waals surface area contributed by atoms with Gasteiger partial charge in [0.1, 0.15) is 0 Å². The van der Waals surface area contributed by atoms with Crippen LogP contribution in [0.1, 0.15) is 58.3 Å². The molecule has 0 spiro atoms. The summed E-state index contributed by atoms with van der Waals surface area (Å²) in [5.74, 6) is -0.394. The van der Waals surface area contributed by atoms with Gasteiger partial charge in [-0.2, -0.15) is 0 Å². The molecular formula is C15H26O4. The van der Waals surface area contributed by atoms with E-state index in [0.717, 1.165) is 12.8 Å². The van der Waals surface area contributed by atoms with Crippen LogP contribution in [0.2, 0.25) is 0 Å². The highest BCUT2D eigenvalue weighted by atomic mass is 16.6. The van der Waals surface area contributed by atoms with E-state index in [1.807, 2.05) is 6.08 Å². The molecule has 1 saturated heterocycles. The van der Waals surface area contributed by atoms with Crippen LogP contribution in [0.25, 0.3) is 0 Å². The standard InChI is InChI=1S/C15H26O4/c1-2-3-4-5-6-7-8-9-13-10-15(11-16,12-17)19-14(13)18/h9,16-17H,2-8,10-12H2,1H3/b13-9-. The quantitative estimate of drug-likeness (QED) is 0.383. The van der Waals surface area contributed by atoms with Crippen LogP contribution in [0.4, 0.5) is 0 Å². The Kier molecular flexibility index (Phi) is 7.10. The summed E-state index contributed by atoms with van der Waals surface area (Å²) < 4.78 is 5.06. The molecule has 0 saturated carbocycles. The smallest absolute Gasteiger partial charge is 0.334 e. The van der Waals surface area contributed by atoms with E-state index in [4.69, 9.17) is 4.74 Å². The summed E-state index contributed by atoms with van der Waals surface area (Å²) in [5.41, 5.74) is -0.499. The Labute approximate surface area is 115 Å². The van der Waals surface area contributed by atoms with Crippen molar-refractivity contribution < 1.29 is 19.7 Å². The molecule has 0 amide bonds. The van der Waals surface area contributed by atoms with Gasteiger partial charge in [-0.25, -0.2) is 4.79 Å². The predicted octanol–water partition coefficient (Wildman–Crippen LogP) is 2.33. The van der Waals surface area contributed by atoms with Crippen molar-refractivity contribution in [3.8, 4) is 0 Å². The monoisotopic (exact) mass is 270 g/mol. The van der Waals surface area contributed by atoms with Crippen LogP contribution in [0.5, 0.6) is 0 Å². The van der Waals surface area contributed by atoms with Crippen LogP contribution in [0, 0.1) is 0 Å². The lowest BCUT2D eigenvalue weighted by Gasteiger charge is -2.21. The highest BCUT2D eigenvalue weighted by Gasteiger charge is 2.42. The van der Waals surface area contributed by atoms with Gasteiger partial charge in [0.05, 0.1) is 13.2 Å². The molecule has 0 aromatic rings. The topological polar surface area (TPSA) is 66.8 Å². The van der Waals surface area contributed by atoms with Crippen LogP contribution in [0.3, 0.4) is 0 Å². The van der Waals surface area contributed by atoms with Crippen molar-refractivity contribution in [2.75, 3.05) is 13.2 Å². The van der Waals surface area contributed by atoms with Crippen molar-refractivity contribution in [2.24, 2.45) is 0 Å². The molecule has 0 bridgehead atoms. The fraction of sp³-hybridized carbons (Fsp3) is 0.800. The Bertz CT molecular complexity index is 305. The largest absolute Gasteiger partial charge is 0.450 e. The Morgan fingerprint density at radius 1 is 1.16 bits per heavy atom. The van der Waals surface area contributed by atoms with Gasteiger partial charge in [0.15, 0.2) is 5.60 Å². The van der Waals surface area contributed by atoms with E-state index in [9.17, 15) is 15.0 Å². The molecule has 0 aliphatic carbocycles. The third kappa shape index (κ3) is 4.96. The van der Waals surface area contributed by atoms with Gasteiger partial charge in [-0.3, -0.25) is 0 Å². The SMILES string of the molecule is CCCCCCCC/C=C1/CC(CO)(CO)OC1=O. The van der Waals surface area contributed by atoms with Crippen molar-refractivity contribution >= 4 is 5.97 Å². The Hall–Kier alpha value is -0.870. The van der Waals surface area contributed by atoms with Crippen molar-refractivity contribution in [1.82, 2.24) is 0 Å². The van der Waals surface area contributed by atoms with Gasteiger partial charge >= 0.3 is 5.97 Å². The van der Waals surface area contributed by atoms with E-state index in [-0.39, 0.29) is 13.2 Å². The second kappa shape index (κ2) is 8.33. The number of hydrogen-bond donors (Lipinski definition) is 2. The molecule has 2 N–H and O–H groups in total. The molecule has 1 aliphatic rings. The average molecular weight is 270 g/mol. The lowest BCUT2D eigenvalue weighted by molar-refractivity contribution is -0.154. The van der Waals surface area contributed by atoms with Gasteiger partial charge in [-0.05, 0) is 12.8 Å². The zero-order valence-electron chi connectivity index (χ0n) is 11.9. The minimum absolute atomic E-state index is 0.314. The van der Waals surface area contributed by atoms with Gasteiger partial charge in [0, 0.05) is 12.0 Å². The zero-order valence-corrected chi connectivity index (χ0v) is 11.9. The molecule has 0 aromatic carbocycles. The second-order valence-corrected chi connectivity index (χ2v) is 5.35. The number of aliphatic hydroxyl groups excluding tert-OH is 2. The number of esters is 1. The number of allylic oxidation sites excluding steroid dienone is 1. The number of cyclic esters (lactones) is 1. The number of unbranched alkanes of at least 4 members (excludes halogenated alkanes) is 6. The van der Waals surface area contributed by atoms with Crippen molar-refractivity contribution in [3.05, 3.63) is 11.6 Å². The molecule has 0 unspecified atom stereocenters. The number of ether oxygens (including phenoxy) is 1. The first kappa shape index (κ1) is 16.2. The van der Waals surface area contributed by atoms with Crippen LogP contribution in [-0.4, -0.2) is 35.0 Å². The fourth-order valence-corrected chi connectivity index (χ4v) is 2.30. The minimum Gasteiger partial charge on any atom is -0.450 e. The lowest BCUT2D eigenvalue weighted by Crippen LogP contribution is -2.37. The number of hydrogen-bond acceptors (Lipinski definition) is 4. The van der Waals surface area contributed by atoms with E-state index >= 15 is 0 Å². The van der Waals surface area contributed by atoms with E-state index in [1.165, 1.54) is 32.1 Å². The van der Waals surface area contributed by atoms with E-state index < -0.39 is 11.6 Å². The number of rotatable bonds is 9. The summed E-state index contributed by atoms with van der Waals surface area (Å²) in [6, 6.07) is 0. The van der Waals surface area contributed by atoms with Gasteiger partial charge in [-0.15, -0.1) is 0 Å². The van der Waals surface area contributed by atoms with Crippen molar-refractivity contribution in [2.45, 2.75) is 63.9 Å². The predicted molar refractivity (Wildman–Crippen MR) is 73.7 cm³/mol. The van der Waals surface area contributed by atoms with Crippen molar-refractivity contribution in [1.29, 1.82) is 0 Å². The second-order valence-electron chi connectivity index (χ2n) is 5.35. The summed E-state index contributed by atoms with van der Waals surface area (Å²) in [4.78, 5) is 11.6. The number of carbonyl (C=O) groups excluding carboxylic acids is 1. The van der Waals surface area contributed by atoms with Gasteiger partial charge < -0.3 is 14.9 Å². The van der Waals surface area contributed by atoms with Crippen LogP contribution >= 0.6 is 0 Å². The molecule has 0 atom stereocenters. The Morgan fingerprint density at radius 2 is 1.79 bits per heavy atom. The summed E-state index contributed by atoms with van der Waals surface area (Å²) in [7, 11) is 0. The van der Waals surface area contributed by atoms with Crippen molar-refractivity contribution in [3.63, 3.8) is 0 Å². The van der Waals surface area contributed by atoms with Crippen LogP contribution in [0.15, 0.2) is 11.6 Å². The average Bonchev–Trinajstić information content (AvgIpc) is 2.75. The molecule has 110 valence electrons. The lowest BCUT2D eigenvalue weighted by atomic mass is 9.98.